The van der Waals surface area contributed by atoms with Gasteiger partial charge >= 0.3 is 0 Å². The van der Waals surface area contributed by atoms with Crippen LogP contribution in [0.2, 0.25) is 0 Å². The first-order valence-electron chi connectivity index (χ1n) is 9.15. The molecule has 0 bridgehead atoms. The summed E-state index contributed by atoms with van der Waals surface area (Å²) in [6.07, 6.45) is 2.12. The molecule has 6 heteroatoms. The van der Waals surface area contributed by atoms with Gasteiger partial charge in [-0.2, -0.15) is 0 Å². The molecule has 1 aromatic heterocycles. The van der Waals surface area contributed by atoms with Crippen molar-refractivity contribution in [2.24, 2.45) is 0 Å². The second-order valence-corrected chi connectivity index (χ2v) is 7.14. The van der Waals surface area contributed by atoms with E-state index in [0.29, 0.717) is 18.2 Å². The van der Waals surface area contributed by atoms with E-state index in [2.05, 4.69) is 19.0 Å². The van der Waals surface area contributed by atoms with Crippen LogP contribution in [0.4, 0.5) is 5.88 Å². The van der Waals surface area contributed by atoms with Crippen LogP contribution in [-0.4, -0.2) is 36.2 Å². The van der Waals surface area contributed by atoms with Crippen molar-refractivity contribution in [3.63, 3.8) is 0 Å². The molecule has 1 amide bonds. The van der Waals surface area contributed by atoms with Gasteiger partial charge in [-0.15, -0.1) is 0 Å². The number of piperidine rings is 1. The highest BCUT2D eigenvalue weighted by Crippen LogP contribution is 2.36. The van der Waals surface area contributed by atoms with Gasteiger partial charge in [-0.1, -0.05) is 37.2 Å². The van der Waals surface area contributed by atoms with Gasteiger partial charge in [0.1, 0.15) is 5.75 Å². The molecule has 2 heterocycles. The molecule has 6 nitrogen and oxygen atoms in total. The van der Waals surface area contributed by atoms with Crippen LogP contribution < -0.4 is 10.5 Å². The molecule has 0 saturated carbocycles. The second kappa shape index (κ2) is 7.81. The largest absolute Gasteiger partial charge is 0.496 e. The molecule has 0 atom stereocenters. The van der Waals surface area contributed by atoms with Gasteiger partial charge in [-0.25, -0.2) is 0 Å². The van der Waals surface area contributed by atoms with Crippen molar-refractivity contribution in [1.29, 1.82) is 0 Å². The van der Waals surface area contributed by atoms with E-state index in [4.69, 9.17) is 15.0 Å². The van der Waals surface area contributed by atoms with Crippen LogP contribution in [-0.2, 0) is 11.2 Å². The summed E-state index contributed by atoms with van der Waals surface area (Å²) in [5, 5.41) is 4.20. The van der Waals surface area contributed by atoms with E-state index in [-0.39, 0.29) is 11.8 Å². The van der Waals surface area contributed by atoms with Crippen LogP contribution in [0.25, 0.3) is 0 Å². The summed E-state index contributed by atoms with van der Waals surface area (Å²) < 4.78 is 10.6. The molecule has 0 radical (unpaired) electrons. The van der Waals surface area contributed by atoms with Gasteiger partial charge in [0.2, 0.25) is 11.8 Å². The first kappa shape index (κ1) is 18.3. The molecular formula is C20H27N3O3. The number of anilines is 1. The molecule has 140 valence electrons. The number of amides is 1. The summed E-state index contributed by atoms with van der Waals surface area (Å²) in [6, 6.07) is 7.67. The van der Waals surface area contributed by atoms with Crippen molar-refractivity contribution in [3.05, 3.63) is 41.1 Å². The van der Waals surface area contributed by atoms with E-state index in [1.807, 2.05) is 29.2 Å². The Balaban J connectivity index is 1.63. The SMILES string of the molecule is COc1ccccc1CC(=O)N1CCC(c2noc(N)c2C(C)C)CC1. The van der Waals surface area contributed by atoms with E-state index in [9.17, 15) is 4.79 Å². The lowest BCUT2D eigenvalue weighted by Crippen LogP contribution is -2.39. The van der Waals surface area contributed by atoms with Gasteiger partial charge in [-0.05, 0) is 24.8 Å². The average molecular weight is 357 g/mol. The predicted molar refractivity (Wildman–Crippen MR) is 100 cm³/mol. The Labute approximate surface area is 154 Å². The fourth-order valence-electron chi connectivity index (χ4n) is 3.72. The van der Waals surface area contributed by atoms with Crippen molar-refractivity contribution in [3.8, 4) is 5.75 Å². The molecule has 2 aromatic rings. The number of carbonyl (C=O) groups is 1. The highest BCUT2D eigenvalue weighted by molar-refractivity contribution is 5.79. The molecule has 0 aliphatic carbocycles. The molecule has 1 aromatic carbocycles. The van der Waals surface area contributed by atoms with Gasteiger partial charge in [0, 0.05) is 30.1 Å². The molecule has 1 saturated heterocycles. The summed E-state index contributed by atoms with van der Waals surface area (Å²) in [6.45, 7) is 5.64. The maximum absolute atomic E-state index is 12.7. The van der Waals surface area contributed by atoms with E-state index < -0.39 is 0 Å². The Kier molecular flexibility index (Phi) is 5.49. The smallest absolute Gasteiger partial charge is 0.227 e. The Hall–Kier alpha value is -2.50. The Morgan fingerprint density at radius 2 is 2.04 bits per heavy atom. The van der Waals surface area contributed by atoms with E-state index in [0.717, 1.165) is 48.5 Å². The number of rotatable bonds is 5. The fourth-order valence-corrected chi connectivity index (χ4v) is 3.72. The van der Waals surface area contributed by atoms with Crippen LogP contribution in [0.15, 0.2) is 28.8 Å². The summed E-state index contributed by atoms with van der Waals surface area (Å²) in [5.41, 5.74) is 8.84. The first-order chi connectivity index (χ1) is 12.5. The molecular weight excluding hydrogens is 330 g/mol. The minimum atomic E-state index is 0.136. The number of hydrogen-bond donors (Lipinski definition) is 1. The lowest BCUT2D eigenvalue weighted by molar-refractivity contribution is -0.131. The van der Waals surface area contributed by atoms with Crippen molar-refractivity contribution in [1.82, 2.24) is 10.1 Å². The van der Waals surface area contributed by atoms with Crippen molar-refractivity contribution < 1.29 is 14.1 Å². The third-order valence-electron chi connectivity index (χ3n) is 5.13. The van der Waals surface area contributed by atoms with Crippen LogP contribution in [0, 0.1) is 0 Å². The highest BCUT2D eigenvalue weighted by Gasteiger charge is 2.29. The van der Waals surface area contributed by atoms with Crippen molar-refractivity contribution in [2.45, 2.75) is 44.9 Å². The summed E-state index contributed by atoms with van der Waals surface area (Å²) in [7, 11) is 1.63. The summed E-state index contributed by atoms with van der Waals surface area (Å²) in [5.74, 6) is 1.89. The van der Waals surface area contributed by atoms with E-state index in [1.54, 1.807) is 7.11 Å². The van der Waals surface area contributed by atoms with Crippen molar-refractivity contribution >= 4 is 11.8 Å². The molecule has 0 spiro atoms. The number of para-hydroxylation sites is 1. The molecule has 1 aliphatic rings. The number of likely N-dealkylation sites (tertiary alicyclic amines) is 1. The van der Waals surface area contributed by atoms with Gasteiger partial charge < -0.3 is 19.9 Å². The van der Waals surface area contributed by atoms with Crippen LogP contribution in [0.3, 0.4) is 0 Å². The lowest BCUT2D eigenvalue weighted by atomic mass is 9.88. The van der Waals surface area contributed by atoms with Gasteiger partial charge in [-0.3, -0.25) is 4.79 Å². The quantitative estimate of drug-likeness (QED) is 0.887. The molecule has 1 aliphatic heterocycles. The third-order valence-corrected chi connectivity index (χ3v) is 5.13. The number of nitrogen functional groups attached to an aromatic ring is 1. The number of nitrogens with two attached hydrogens (primary N) is 1. The van der Waals surface area contributed by atoms with Crippen LogP contribution >= 0.6 is 0 Å². The fraction of sp³-hybridized carbons (Fsp3) is 0.500. The standard InChI is InChI=1S/C20H27N3O3/c1-13(2)18-19(22-26-20(18)21)14-8-10-23(11-9-14)17(24)12-15-6-4-5-7-16(15)25-3/h4-7,13-14H,8-12,21H2,1-3H3. The number of nitrogens with zero attached hydrogens (tertiary/aromatic N) is 2. The average Bonchev–Trinajstić information content (AvgIpc) is 3.04. The number of aromatic nitrogens is 1. The minimum absolute atomic E-state index is 0.136. The van der Waals surface area contributed by atoms with Gasteiger partial charge in [0.05, 0.1) is 19.2 Å². The van der Waals surface area contributed by atoms with Gasteiger partial charge in [0.25, 0.3) is 0 Å². The van der Waals surface area contributed by atoms with Crippen LogP contribution in [0.5, 0.6) is 5.75 Å². The Morgan fingerprint density at radius 3 is 2.69 bits per heavy atom. The third kappa shape index (κ3) is 3.69. The first-order valence-corrected chi connectivity index (χ1v) is 9.15. The zero-order chi connectivity index (χ0) is 18.7. The Bertz CT molecular complexity index is 761. The number of hydrogen-bond acceptors (Lipinski definition) is 5. The minimum Gasteiger partial charge on any atom is -0.496 e. The maximum atomic E-state index is 12.7. The molecule has 3 rings (SSSR count). The zero-order valence-electron chi connectivity index (χ0n) is 15.7. The number of methoxy groups -OCH3 is 1. The molecule has 2 N–H and O–H groups in total. The maximum Gasteiger partial charge on any atom is 0.227 e. The number of benzene rings is 1. The highest BCUT2D eigenvalue weighted by atomic mass is 16.5. The van der Waals surface area contributed by atoms with Crippen LogP contribution in [0.1, 0.15) is 55.3 Å². The summed E-state index contributed by atoms with van der Waals surface area (Å²) >= 11 is 0. The second-order valence-electron chi connectivity index (χ2n) is 7.14. The number of carbonyl (C=O) groups excluding carboxylic acids is 1. The predicted octanol–water partition coefficient (Wildman–Crippen LogP) is 3.34. The lowest BCUT2D eigenvalue weighted by Gasteiger charge is -2.32. The molecule has 1 fully saturated rings. The normalized spacial score (nSPS) is 15.5. The molecule has 26 heavy (non-hydrogen) atoms. The van der Waals surface area contributed by atoms with Crippen molar-refractivity contribution in [2.75, 3.05) is 25.9 Å². The number of ether oxygens (including phenoxy) is 1. The Morgan fingerprint density at radius 1 is 1.35 bits per heavy atom. The summed E-state index contributed by atoms with van der Waals surface area (Å²) in [4.78, 5) is 14.6. The van der Waals surface area contributed by atoms with E-state index in [1.165, 1.54) is 0 Å². The molecule has 0 unspecified atom stereocenters. The topological polar surface area (TPSA) is 81.6 Å². The van der Waals surface area contributed by atoms with E-state index >= 15 is 0 Å². The zero-order valence-corrected chi connectivity index (χ0v) is 15.7. The van der Waals surface area contributed by atoms with Gasteiger partial charge in [0.15, 0.2) is 0 Å². The monoisotopic (exact) mass is 357 g/mol.